The topological polar surface area (TPSA) is 79.3 Å². The summed E-state index contributed by atoms with van der Waals surface area (Å²) in [6.07, 6.45) is 4.58. The van der Waals surface area contributed by atoms with Crippen LogP contribution < -0.4 is 5.32 Å². The van der Waals surface area contributed by atoms with Crippen molar-refractivity contribution >= 4 is 33.5 Å². The molecule has 0 spiro atoms. The number of pyridine rings is 1. The number of hydrogen-bond acceptors (Lipinski definition) is 3. The van der Waals surface area contributed by atoms with E-state index in [1.54, 1.807) is 18.3 Å². The SMILES string of the molecule is O=C(O)C1CCCCC1C(=O)Nc1cccnc1Br. The van der Waals surface area contributed by atoms with E-state index in [0.717, 1.165) is 12.8 Å². The van der Waals surface area contributed by atoms with E-state index < -0.39 is 17.8 Å². The molecule has 102 valence electrons. The first-order valence-electron chi connectivity index (χ1n) is 6.24. The van der Waals surface area contributed by atoms with Gasteiger partial charge in [0.25, 0.3) is 0 Å². The van der Waals surface area contributed by atoms with Gasteiger partial charge in [-0.1, -0.05) is 12.8 Å². The summed E-state index contributed by atoms with van der Waals surface area (Å²) in [6, 6.07) is 3.45. The highest BCUT2D eigenvalue weighted by Crippen LogP contribution is 2.31. The molecule has 1 saturated carbocycles. The number of anilines is 1. The van der Waals surface area contributed by atoms with Gasteiger partial charge in [-0.15, -0.1) is 0 Å². The second-order valence-electron chi connectivity index (χ2n) is 4.67. The maximum atomic E-state index is 12.2. The van der Waals surface area contributed by atoms with Crippen LogP contribution in [-0.2, 0) is 9.59 Å². The molecule has 2 atom stereocenters. The van der Waals surface area contributed by atoms with Crippen molar-refractivity contribution in [3.63, 3.8) is 0 Å². The number of carboxylic acids is 1. The number of halogens is 1. The molecule has 0 aromatic carbocycles. The van der Waals surface area contributed by atoms with Crippen molar-refractivity contribution in [1.29, 1.82) is 0 Å². The largest absolute Gasteiger partial charge is 0.481 e. The quantitative estimate of drug-likeness (QED) is 0.837. The molecule has 1 amide bonds. The Hall–Kier alpha value is -1.43. The zero-order valence-electron chi connectivity index (χ0n) is 10.3. The lowest BCUT2D eigenvalue weighted by Gasteiger charge is -2.27. The Kier molecular flexibility index (Phi) is 4.52. The fourth-order valence-corrected chi connectivity index (χ4v) is 2.79. The van der Waals surface area contributed by atoms with Crippen LogP contribution in [0.1, 0.15) is 25.7 Å². The van der Waals surface area contributed by atoms with Crippen LogP contribution in [0.25, 0.3) is 0 Å². The molecular weight excluding hydrogens is 312 g/mol. The number of aliphatic carboxylic acids is 1. The Labute approximate surface area is 119 Å². The molecule has 1 aliphatic carbocycles. The number of nitrogens with zero attached hydrogens (tertiary/aromatic N) is 1. The van der Waals surface area contributed by atoms with Crippen molar-refractivity contribution in [3.05, 3.63) is 22.9 Å². The molecule has 6 heteroatoms. The van der Waals surface area contributed by atoms with E-state index in [4.69, 9.17) is 0 Å². The summed E-state index contributed by atoms with van der Waals surface area (Å²) in [5, 5.41) is 11.9. The second kappa shape index (κ2) is 6.14. The third kappa shape index (κ3) is 3.32. The number of rotatable bonds is 3. The second-order valence-corrected chi connectivity index (χ2v) is 5.42. The first-order valence-corrected chi connectivity index (χ1v) is 7.03. The lowest BCUT2D eigenvalue weighted by Crippen LogP contribution is -2.36. The fourth-order valence-electron chi connectivity index (χ4n) is 2.44. The molecule has 19 heavy (non-hydrogen) atoms. The molecule has 1 aliphatic rings. The molecule has 1 aromatic heterocycles. The first-order chi connectivity index (χ1) is 9.09. The number of carbonyl (C=O) groups is 2. The van der Waals surface area contributed by atoms with Gasteiger partial charge in [-0.2, -0.15) is 0 Å². The first kappa shape index (κ1) is 14.0. The summed E-state index contributed by atoms with van der Waals surface area (Å²) in [7, 11) is 0. The number of carbonyl (C=O) groups excluding carboxylic acids is 1. The van der Waals surface area contributed by atoms with E-state index in [0.29, 0.717) is 23.1 Å². The minimum atomic E-state index is -0.884. The smallest absolute Gasteiger partial charge is 0.307 e. The van der Waals surface area contributed by atoms with E-state index in [1.165, 1.54) is 0 Å². The summed E-state index contributed by atoms with van der Waals surface area (Å²) >= 11 is 3.25. The predicted octanol–water partition coefficient (Wildman–Crippen LogP) is 2.67. The Morgan fingerprint density at radius 1 is 1.32 bits per heavy atom. The third-order valence-corrected chi connectivity index (χ3v) is 4.07. The van der Waals surface area contributed by atoms with Crippen LogP contribution in [-0.4, -0.2) is 22.0 Å². The standard InChI is InChI=1S/C13H15BrN2O3/c14-11-10(6-3-7-15-11)16-12(17)8-4-1-2-5-9(8)13(18)19/h3,6-9H,1-2,4-5H2,(H,16,17)(H,18,19). The van der Waals surface area contributed by atoms with Gasteiger partial charge in [-0.25, -0.2) is 4.98 Å². The van der Waals surface area contributed by atoms with E-state index >= 15 is 0 Å². The minimum absolute atomic E-state index is 0.235. The number of aromatic nitrogens is 1. The van der Waals surface area contributed by atoms with E-state index in [-0.39, 0.29) is 5.91 Å². The number of nitrogens with one attached hydrogen (secondary N) is 1. The van der Waals surface area contributed by atoms with Crippen molar-refractivity contribution < 1.29 is 14.7 Å². The number of hydrogen-bond donors (Lipinski definition) is 2. The summed E-state index contributed by atoms with van der Waals surface area (Å²) in [6.45, 7) is 0. The summed E-state index contributed by atoms with van der Waals surface area (Å²) in [5.41, 5.74) is 0.571. The molecule has 2 unspecified atom stereocenters. The van der Waals surface area contributed by atoms with Crippen molar-refractivity contribution in [2.45, 2.75) is 25.7 Å². The molecular formula is C13H15BrN2O3. The van der Waals surface area contributed by atoms with Gasteiger partial charge in [0.05, 0.1) is 17.5 Å². The molecule has 1 aromatic rings. The molecule has 2 rings (SSSR count). The van der Waals surface area contributed by atoms with Crippen molar-refractivity contribution in [1.82, 2.24) is 4.98 Å². The lowest BCUT2D eigenvalue weighted by atomic mass is 9.78. The van der Waals surface area contributed by atoms with Gasteiger partial charge in [-0.05, 0) is 40.9 Å². The number of carboxylic acid groups (broad SMARTS) is 1. The molecule has 0 saturated heterocycles. The lowest BCUT2D eigenvalue weighted by molar-refractivity contribution is -0.147. The van der Waals surface area contributed by atoms with E-state index in [9.17, 15) is 14.7 Å². The minimum Gasteiger partial charge on any atom is -0.481 e. The predicted molar refractivity (Wildman–Crippen MR) is 73.7 cm³/mol. The summed E-state index contributed by atoms with van der Waals surface area (Å²) < 4.78 is 0.547. The van der Waals surface area contributed by atoms with Gasteiger partial charge in [0.2, 0.25) is 5.91 Å². The average molecular weight is 327 g/mol. The van der Waals surface area contributed by atoms with Gasteiger partial charge in [-0.3, -0.25) is 9.59 Å². The highest BCUT2D eigenvalue weighted by molar-refractivity contribution is 9.10. The Balaban J connectivity index is 2.10. The maximum Gasteiger partial charge on any atom is 0.307 e. The Morgan fingerprint density at radius 3 is 2.63 bits per heavy atom. The van der Waals surface area contributed by atoms with Crippen LogP contribution in [0.2, 0.25) is 0 Å². The van der Waals surface area contributed by atoms with Gasteiger partial charge in [0.1, 0.15) is 4.60 Å². The van der Waals surface area contributed by atoms with Crippen LogP contribution in [0, 0.1) is 11.8 Å². The highest BCUT2D eigenvalue weighted by Gasteiger charge is 2.35. The van der Waals surface area contributed by atoms with Crippen LogP contribution in [0.3, 0.4) is 0 Å². The molecule has 1 fully saturated rings. The van der Waals surface area contributed by atoms with Crippen LogP contribution >= 0.6 is 15.9 Å². The Morgan fingerprint density at radius 2 is 2.00 bits per heavy atom. The van der Waals surface area contributed by atoms with Crippen LogP contribution in [0.15, 0.2) is 22.9 Å². The zero-order chi connectivity index (χ0) is 13.8. The number of amides is 1. The molecule has 0 aliphatic heterocycles. The van der Waals surface area contributed by atoms with Gasteiger partial charge >= 0.3 is 5.97 Å². The normalized spacial score (nSPS) is 22.8. The Bertz CT molecular complexity index is 493. The fraction of sp³-hybridized carbons (Fsp3) is 0.462. The van der Waals surface area contributed by atoms with E-state index in [2.05, 4.69) is 26.2 Å². The monoisotopic (exact) mass is 326 g/mol. The van der Waals surface area contributed by atoms with E-state index in [1.807, 2.05) is 0 Å². The van der Waals surface area contributed by atoms with Gasteiger partial charge in [0.15, 0.2) is 0 Å². The van der Waals surface area contributed by atoms with Crippen molar-refractivity contribution in [3.8, 4) is 0 Å². The summed E-state index contributed by atoms with van der Waals surface area (Å²) in [5.74, 6) is -2.16. The zero-order valence-corrected chi connectivity index (χ0v) is 11.9. The van der Waals surface area contributed by atoms with Crippen molar-refractivity contribution in [2.24, 2.45) is 11.8 Å². The van der Waals surface area contributed by atoms with Crippen LogP contribution in [0.5, 0.6) is 0 Å². The molecule has 0 bridgehead atoms. The summed E-state index contributed by atoms with van der Waals surface area (Å²) in [4.78, 5) is 27.4. The molecule has 1 heterocycles. The van der Waals surface area contributed by atoms with Gasteiger partial charge in [0, 0.05) is 6.20 Å². The van der Waals surface area contributed by atoms with Crippen molar-refractivity contribution in [2.75, 3.05) is 5.32 Å². The molecule has 0 radical (unpaired) electrons. The van der Waals surface area contributed by atoms with Crippen LogP contribution in [0.4, 0.5) is 5.69 Å². The third-order valence-electron chi connectivity index (χ3n) is 3.44. The average Bonchev–Trinajstić information content (AvgIpc) is 2.41. The molecule has 5 nitrogen and oxygen atoms in total. The highest BCUT2D eigenvalue weighted by atomic mass is 79.9. The molecule has 2 N–H and O–H groups in total. The van der Waals surface area contributed by atoms with Gasteiger partial charge < -0.3 is 10.4 Å². The maximum absolute atomic E-state index is 12.2.